The van der Waals surface area contributed by atoms with Gasteiger partial charge in [0.2, 0.25) is 0 Å². The van der Waals surface area contributed by atoms with Crippen LogP contribution >= 0.6 is 0 Å². The summed E-state index contributed by atoms with van der Waals surface area (Å²) in [6, 6.07) is 10.6. The van der Waals surface area contributed by atoms with E-state index in [4.69, 9.17) is 4.74 Å². The highest BCUT2D eigenvalue weighted by Gasteiger charge is 2.36. The number of ether oxygens (including phenoxy) is 1. The number of aryl methyl sites for hydroxylation is 1. The third-order valence-corrected chi connectivity index (χ3v) is 2.84. The Morgan fingerprint density at radius 2 is 2.07 bits per heavy atom. The second-order valence-corrected chi connectivity index (χ2v) is 3.86. The van der Waals surface area contributed by atoms with Gasteiger partial charge in [-0.3, -0.25) is 0 Å². The molecule has 1 unspecified atom stereocenters. The van der Waals surface area contributed by atoms with Gasteiger partial charge in [0.15, 0.2) is 0 Å². The first kappa shape index (κ1) is 9.23. The summed E-state index contributed by atoms with van der Waals surface area (Å²) >= 11 is 0. The number of hydrogen-bond acceptors (Lipinski definition) is 2. The van der Waals surface area contributed by atoms with Gasteiger partial charge < -0.3 is 4.74 Å². The molecule has 0 saturated carbocycles. The smallest absolute Gasteiger partial charge is 0.108 e. The zero-order valence-electron chi connectivity index (χ0n) is 8.29. The maximum absolute atomic E-state index is 9.21. The lowest BCUT2D eigenvalue weighted by Gasteiger charge is -2.18. The van der Waals surface area contributed by atoms with Gasteiger partial charge in [-0.2, -0.15) is 5.26 Å². The molecule has 1 heterocycles. The van der Waals surface area contributed by atoms with Crippen LogP contribution in [0.5, 0.6) is 0 Å². The molecule has 0 spiro atoms. The summed E-state index contributed by atoms with van der Waals surface area (Å²) in [5, 5.41) is 9.21. The molecule has 0 radical (unpaired) electrons. The van der Waals surface area contributed by atoms with Gasteiger partial charge in [-0.05, 0) is 18.9 Å². The van der Waals surface area contributed by atoms with Crippen molar-refractivity contribution in [2.75, 3.05) is 13.2 Å². The van der Waals surface area contributed by atoms with Crippen LogP contribution in [0.15, 0.2) is 24.3 Å². The zero-order chi connectivity index (χ0) is 10.0. The van der Waals surface area contributed by atoms with Crippen LogP contribution in [0.1, 0.15) is 17.5 Å². The van der Waals surface area contributed by atoms with E-state index in [9.17, 15) is 5.26 Å². The SMILES string of the molecule is Cc1ccc(C2(C#N)CCOC2)cc1. The van der Waals surface area contributed by atoms with E-state index >= 15 is 0 Å². The highest BCUT2D eigenvalue weighted by Crippen LogP contribution is 2.32. The number of rotatable bonds is 1. The van der Waals surface area contributed by atoms with Crippen LogP contribution in [0.3, 0.4) is 0 Å². The molecule has 0 N–H and O–H groups in total. The molecule has 1 aromatic carbocycles. The molecule has 0 bridgehead atoms. The molecule has 0 aliphatic carbocycles. The summed E-state index contributed by atoms with van der Waals surface area (Å²) in [5.41, 5.74) is 1.91. The topological polar surface area (TPSA) is 33.0 Å². The van der Waals surface area contributed by atoms with E-state index in [2.05, 4.69) is 6.07 Å². The number of nitrogens with zero attached hydrogens (tertiary/aromatic N) is 1. The molecule has 1 saturated heterocycles. The lowest BCUT2D eigenvalue weighted by molar-refractivity contribution is 0.186. The van der Waals surface area contributed by atoms with Gasteiger partial charge in [-0.1, -0.05) is 29.8 Å². The molecule has 1 aromatic rings. The first-order valence-corrected chi connectivity index (χ1v) is 4.83. The van der Waals surface area contributed by atoms with Gasteiger partial charge in [-0.25, -0.2) is 0 Å². The summed E-state index contributed by atoms with van der Waals surface area (Å²) in [4.78, 5) is 0. The first-order chi connectivity index (χ1) is 6.77. The van der Waals surface area contributed by atoms with Gasteiger partial charge in [0.05, 0.1) is 12.7 Å². The van der Waals surface area contributed by atoms with Crippen molar-refractivity contribution < 1.29 is 4.74 Å². The molecule has 2 nitrogen and oxygen atoms in total. The van der Waals surface area contributed by atoms with E-state index in [1.807, 2.05) is 31.2 Å². The molecular weight excluding hydrogens is 174 g/mol. The van der Waals surface area contributed by atoms with Crippen LogP contribution < -0.4 is 0 Å². The molecule has 72 valence electrons. The Morgan fingerprint density at radius 1 is 1.36 bits per heavy atom. The van der Waals surface area contributed by atoms with Crippen molar-refractivity contribution in [3.63, 3.8) is 0 Å². The van der Waals surface area contributed by atoms with Crippen molar-refractivity contribution in [2.24, 2.45) is 0 Å². The van der Waals surface area contributed by atoms with Crippen molar-refractivity contribution in [3.8, 4) is 6.07 Å². The Labute approximate surface area is 84.1 Å². The van der Waals surface area contributed by atoms with Crippen molar-refractivity contribution in [2.45, 2.75) is 18.8 Å². The van der Waals surface area contributed by atoms with E-state index in [-0.39, 0.29) is 0 Å². The van der Waals surface area contributed by atoms with Gasteiger partial charge in [-0.15, -0.1) is 0 Å². The third kappa shape index (κ3) is 1.40. The van der Waals surface area contributed by atoms with Crippen LogP contribution in [0.25, 0.3) is 0 Å². The lowest BCUT2D eigenvalue weighted by Crippen LogP contribution is -2.23. The molecule has 1 fully saturated rings. The summed E-state index contributed by atoms with van der Waals surface area (Å²) < 4.78 is 5.31. The Hall–Kier alpha value is -1.33. The molecule has 1 aliphatic heterocycles. The predicted molar refractivity (Wildman–Crippen MR) is 53.9 cm³/mol. The maximum atomic E-state index is 9.21. The van der Waals surface area contributed by atoms with Crippen LogP contribution in [-0.4, -0.2) is 13.2 Å². The monoisotopic (exact) mass is 187 g/mol. The van der Waals surface area contributed by atoms with Crippen molar-refractivity contribution >= 4 is 0 Å². The number of benzene rings is 1. The van der Waals surface area contributed by atoms with E-state index in [0.29, 0.717) is 13.2 Å². The Bertz CT molecular complexity index is 355. The van der Waals surface area contributed by atoms with E-state index in [1.54, 1.807) is 0 Å². The fraction of sp³-hybridized carbons (Fsp3) is 0.417. The van der Waals surface area contributed by atoms with Gasteiger partial charge in [0, 0.05) is 6.61 Å². The van der Waals surface area contributed by atoms with Crippen LogP contribution in [0.4, 0.5) is 0 Å². The molecule has 14 heavy (non-hydrogen) atoms. The fourth-order valence-corrected chi connectivity index (χ4v) is 1.82. The molecular formula is C12H13NO. The number of nitriles is 1. The normalized spacial score (nSPS) is 26.0. The first-order valence-electron chi connectivity index (χ1n) is 4.83. The number of hydrogen-bond donors (Lipinski definition) is 0. The predicted octanol–water partition coefficient (Wildman–Crippen LogP) is 2.18. The Balaban J connectivity index is 2.37. The fourth-order valence-electron chi connectivity index (χ4n) is 1.82. The Morgan fingerprint density at radius 3 is 2.57 bits per heavy atom. The van der Waals surface area contributed by atoms with Crippen LogP contribution in [-0.2, 0) is 10.2 Å². The van der Waals surface area contributed by atoms with Crippen LogP contribution in [0, 0.1) is 18.3 Å². The van der Waals surface area contributed by atoms with Crippen molar-refractivity contribution in [3.05, 3.63) is 35.4 Å². The summed E-state index contributed by atoms with van der Waals surface area (Å²) in [6.45, 7) is 3.28. The average Bonchev–Trinajstić information content (AvgIpc) is 2.68. The lowest BCUT2D eigenvalue weighted by atomic mass is 9.81. The third-order valence-electron chi connectivity index (χ3n) is 2.84. The minimum absolute atomic E-state index is 0.395. The summed E-state index contributed by atoms with van der Waals surface area (Å²) in [6.07, 6.45) is 0.812. The van der Waals surface area contributed by atoms with Crippen molar-refractivity contribution in [1.82, 2.24) is 0 Å². The molecule has 1 atom stereocenters. The highest BCUT2D eigenvalue weighted by molar-refractivity contribution is 5.35. The molecule has 2 heteroatoms. The molecule has 0 amide bonds. The van der Waals surface area contributed by atoms with E-state index in [1.165, 1.54) is 5.56 Å². The standard InChI is InChI=1S/C12H13NO/c1-10-2-4-11(5-3-10)12(8-13)6-7-14-9-12/h2-5H,6-7,9H2,1H3. The average molecular weight is 187 g/mol. The van der Waals surface area contributed by atoms with Crippen LogP contribution in [0.2, 0.25) is 0 Å². The summed E-state index contributed by atoms with van der Waals surface area (Å²) in [5.74, 6) is 0. The quantitative estimate of drug-likeness (QED) is 0.675. The summed E-state index contributed by atoms with van der Waals surface area (Å²) in [7, 11) is 0. The second kappa shape index (κ2) is 3.43. The highest BCUT2D eigenvalue weighted by atomic mass is 16.5. The second-order valence-electron chi connectivity index (χ2n) is 3.86. The maximum Gasteiger partial charge on any atom is 0.108 e. The zero-order valence-corrected chi connectivity index (χ0v) is 8.29. The Kier molecular flexibility index (Phi) is 2.26. The molecule has 1 aliphatic rings. The van der Waals surface area contributed by atoms with Gasteiger partial charge in [0.1, 0.15) is 5.41 Å². The van der Waals surface area contributed by atoms with E-state index in [0.717, 1.165) is 12.0 Å². The van der Waals surface area contributed by atoms with Gasteiger partial charge in [0.25, 0.3) is 0 Å². The van der Waals surface area contributed by atoms with E-state index < -0.39 is 5.41 Å². The minimum Gasteiger partial charge on any atom is -0.379 e. The molecule has 0 aromatic heterocycles. The minimum atomic E-state index is -0.395. The van der Waals surface area contributed by atoms with Crippen molar-refractivity contribution in [1.29, 1.82) is 5.26 Å². The largest absolute Gasteiger partial charge is 0.379 e. The molecule has 2 rings (SSSR count). The van der Waals surface area contributed by atoms with Gasteiger partial charge >= 0.3 is 0 Å².